The Morgan fingerprint density at radius 1 is 1.25 bits per heavy atom. The maximum Gasteiger partial charge on any atom is 0.309 e. The van der Waals surface area contributed by atoms with Crippen LogP contribution >= 0.6 is 0 Å². The normalized spacial score (nSPS) is 14.2. The molecule has 2 unspecified atom stereocenters. The molecule has 0 heterocycles. The minimum atomic E-state index is -0.0989. The predicted molar refractivity (Wildman–Crippen MR) is 65.2 cm³/mol. The number of carbonyl (C=O) groups excluding carboxylic acids is 1. The average Bonchev–Trinajstić information content (AvgIpc) is 2.30. The molecule has 2 atom stereocenters. The number of hydrogen-bond acceptors (Lipinski definition) is 2. The Hall–Kier alpha value is -1.31. The molecule has 0 radical (unpaired) electrons. The van der Waals surface area contributed by atoms with Gasteiger partial charge in [0.1, 0.15) is 0 Å². The number of ether oxygens (including phenoxy) is 1. The van der Waals surface area contributed by atoms with Gasteiger partial charge in [-0.05, 0) is 25.3 Å². The van der Waals surface area contributed by atoms with E-state index in [1.807, 2.05) is 51.1 Å². The molecule has 88 valence electrons. The van der Waals surface area contributed by atoms with Crippen molar-refractivity contribution in [3.8, 4) is 0 Å². The van der Waals surface area contributed by atoms with Crippen LogP contribution in [0, 0.1) is 5.92 Å². The molecule has 2 heteroatoms. The predicted octanol–water partition coefficient (Wildman–Crippen LogP) is 3.21. The van der Waals surface area contributed by atoms with Gasteiger partial charge >= 0.3 is 5.97 Å². The summed E-state index contributed by atoms with van der Waals surface area (Å²) in [4.78, 5) is 11.7. The van der Waals surface area contributed by atoms with Gasteiger partial charge < -0.3 is 4.74 Å². The minimum absolute atomic E-state index is 0.0192. The fraction of sp³-hybridized carbons (Fsp3) is 0.500. The molecular weight excluding hydrogens is 200 g/mol. The third-order valence-corrected chi connectivity index (χ3v) is 2.68. The third-order valence-electron chi connectivity index (χ3n) is 2.68. The summed E-state index contributed by atoms with van der Waals surface area (Å²) in [7, 11) is 0. The fourth-order valence-corrected chi connectivity index (χ4v) is 1.45. The van der Waals surface area contributed by atoms with E-state index in [0.717, 1.165) is 12.8 Å². The number of carbonyl (C=O) groups is 1. The smallest absolute Gasteiger partial charge is 0.309 e. The van der Waals surface area contributed by atoms with Gasteiger partial charge in [-0.2, -0.15) is 0 Å². The Labute approximate surface area is 97.6 Å². The van der Waals surface area contributed by atoms with Gasteiger partial charge in [0, 0.05) is 0 Å². The van der Waals surface area contributed by atoms with Crippen LogP contribution in [0.3, 0.4) is 0 Å². The van der Waals surface area contributed by atoms with E-state index in [4.69, 9.17) is 4.74 Å². The lowest BCUT2D eigenvalue weighted by atomic mass is 10.0. The lowest BCUT2D eigenvalue weighted by Gasteiger charge is -2.15. The van der Waals surface area contributed by atoms with Crippen molar-refractivity contribution in [2.75, 3.05) is 0 Å². The first-order valence-electron chi connectivity index (χ1n) is 5.88. The van der Waals surface area contributed by atoms with Crippen molar-refractivity contribution >= 4 is 5.97 Å². The summed E-state index contributed by atoms with van der Waals surface area (Å²) in [5, 5.41) is 0. The standard InChI is InChI=1S/C14H20O2/c1-4-12(3)16-14(15)11(2)10-13-8-6-5-7-9-13/h5-9,11-12H,4,10H2,1-3H3. The van der Waals surface area contributed by atoms with Crippen LogP contribution in [0.5, 0.6) is 0 Å². The Morgan fingerprint density at radius 2 is 1.88 bits per heavy atom. The van der Waals surface area contributed by atoms with Gasteiger partial charge in [0.25, 0.3) is 0 Å². The highest BCUT2D eigenvalue weighted by atomic mass is 16.5. The monoisotopic (exact) mass is 220 g/mol. The molecule has 1 aromatic rings. The first-order chi connectivity index (χ1) is 7.63. The van der Waals surface area contributed by atoms with Crippen molar-refractivity contribution in [2.45, 2.75) is 39.7 Å². The first kappa shape index (κ1) is 12.8. The van der Waals surface area contributed by atoms with E-state index in [9.17, 15) is 4.79 Å². The molecule has 2 nitrogen and oxygen atoms in total. The highest BCUT2D eigenvalue weighted by Gasteiger charge is 2.16. The van der Waals surface area contributed by atoms with E-state index in [0.29, 0.717) is 0 Å². The summed E-state index contributed by atoms with van der Waals surface area (Å²) in [6, 6.07) is 10.0. The van der Waals surface area contributed by atoms with Crippen molar-refractivity contribution in [1.82, 2.24) is 0 Å². The summed E-state index contributed by atoms with van der Waals surface area (Å²) in [5.74, 6) is -0.172. The van der Waals surface area contributed by atoms with Crippen LogP contribution < -0.4 is 0 Å². The molecule has 0 spiro atoms. The maximum atomic E-state index is 11.7. The van der Waals surface area contributed by atoms with Crippen molar-refractivity contribution in [2.24, 2.45) is 5.92 Å². The molecule has 1 rings (SSSR count). The van der Waals surface area contributed by atoms with Crippen LogP contribution in [0.15, 0.2) is 30.3 Å². The fourth-order valence-electron chi connectivity index (χ4n) is 1.45. The van der Waals surface area contributed by atoms with Crippen molar-refractivity contribution in [3.63, 3.8) is 0 Å². The molecule has 0 aliphatic rings. The number of rotatable bonds is 5. The molecule has 0 bridgehead atoms. The summed E-state index contributed by atoms with van der Waals surface area (Å²) in [5.41, 5.74) is 1.18. The second kappa shape index (κ2) is 6.31. The number of benzene rings is 1. The number of hydrogen-bond donors (Lipinski definition) is 0. The maximum absolute atomic E-state index is 11.7. The highest BCUT2D eigenvalue weighted by Crippen LogP contribution is 2.11. The lowest BCUT2D eigenvalue weighted by Crippen LogP contribution is -2.21. The second-order valence-electron chi connectivity index (χ2n) is 4.25. The summed E-state index contributed by atoms with van der Waals surface area (Å²) < 4.78 is 5.29. The largest absolute Gasteiger partial charge is 0.462 e. The van der Waals surface area contributed by atoms with E-state index < -0.39 is 0 Å². The van der Waals surface area contributed by atoms with Crippen LogP contribution in [-0.2, 0) is 16.0 Å². The lowest BCUT2D eigenvalue weighted by molar-refractivity contribution is -0.152. The van der Waals surface area contributed by atoms with E-state index in [1.165, 1.54) is 5.56 Å². The van der Waals surface area contributed by atoms with Crippen LogP contribution in [0.4, 0.5) is 0 Å². The topological polar surface area (TPSA) is 26.3 Å². The molecule has 0 N–H and O–H groups in total. The van der Waals surface area contributed by atoms with E-state index in [1.54, 1.807) is 0 Å². The summed E-state index contributed by atoms with van der Waals surface area (Å²) >= 11 is 0. The Bertz CT molecular complexity index is 319. The van der Waals surface area contributed by atoms with Crippen LogP contribution in [0.2, 0.25) is 0 Å². The zero-order chi connectivity index (χ0) is 12.0. The van der Waals surface area contributed by atoms with Gasteiger partial charge in [0.15, 0.2) is 0 Å². The number of esters is 1. The molecule has 1 aromatic carbocycles. The molecule has 16 heavy (non-hydrogen) atoms. The Kier molecular flexibility index (Phi) is 5.03. The zero-order valence-electron chi connectivity index (χ0n) is 10.3. The van der Waals surface area contributed by atoms with E-state index in [2.05, 4.69) is 0 Å². The molecule has 0 saturated carbocycles. The van der Waals surface area contributed by atoms with Gasteiger partial charge in [-0.1, -0.05) is 44.2 Å². The van der Waals surface area contributed by atoms with Gasteiger partial charge in [-0.25, -0.2) is 0 Å². The summed E-state index contributed by atoms with van der Waals surface area (Å²) in [6.07, 6.45) is 1.63. The van der Waals surface area contributed by atoms with Crippen LogP contribution in [-0.4, -0.2) is 12.1 Å². The van der Waals surface area contributed by atoms with Gasteiger partial charge in [-0.15, -0.1) is 0 Å². The van der Waals surface area contributed by atoms with Crippen LogP contribution in [0.1, 0.15) is 32.8 Å². The highest BCUT2D eigenvalue weighted by molar-refractivity contribution is 5.72. The molecule has 0 aliphatic carbocycles. The van der Waals surface area contributed by atoms with Crippen LogP contribution in [0.25, 0.3) is 0 Å². The SMILES string of the molecule is CCC(C)OC(=O)C(C)Cc1ccccc1. The molecular formula is C14H20O2. The van der Waals surface area contributed by atoms with Gasteiger partial charge in [-0.3, -0.25) is 4.79 Å². The van der Waals surface area contributed by atoms with Gasteiger partial charge in [0.05, 0.1) is 12.0 Å². The van der Waals surface area contributed by atoms with Crippen molar-refractivity contribution in [1.29, 1.82) is 0 Å². The van der Waals surface area contributed by atoms with E-state index >= 15 is 0 Å². The second-order valence-corrected chi connectivity index (χ2v) is 4.25. The zero-order valence-corrected chi connectivity index (χ0v) is 10.3. The minimum Gasteiger partial charge on any atom is -0.462 e. The summed E-state index contributed by atoms with van der Waals surface area (Å²) in [6.45, 7) is 5.85. The third kappa shape index (κ3) is 4.05. The Morgan fingerprint density at radius 3 is 2.44 bits per heavy atom. The first-order valence-corrected chi connectivity index (χ1v) is 5.88. The average molecular weight is 220 g/mol. The molecule has 0 aliphatic heterocycles. The molecule has 0 saturated heterocycles. The van der Waals surface area contributed by atoms with Crippen molar-refractivity contribution in [3.05, 3.63) is 35.9 Å². The van der Waals surface area contributed by atoms with E-state index in [-0.39, 0.29) is 18.0 Å². The molecule has 0 aromatic heterocycles. The Balaban J connectivity index is 2.46. The molecule has 0 fully saturated rings. The van der Waals surface area contributed by atoms with Crippen molar-refractivity contribution < 1.29 is 9.53 Å². The molecule has 0 amide bonds. The quantitative estimate of drug-likeness (QED) is 0.712. The van der Waals surface area contributed by atoms with Gasteiger partial charge in [0.2, 0.25) is 0 Å².